The number of hydrogen-bond acceptors (Lipinski definition) is 6. The molecule has 0 aliphatic heterocycles. The molecule has 0 bridgehead atoms. The molecule has 0 aliphatic carbocycles. The zero-order chi connectivity index (χ0) is 11.3. The molecule has 4 atom stereocenters. The number of aliphatic hydroxyl groups excluding tert-OH is 3. The highest BCUT2D eigenvalue weighted by molar-refractivity contribution is 5.73. The molecule has 0 heterocycles. The molecule has 7 nitrogen and oxygen atoms in total. The molecule has 0 unspecified atom stereocenters. The van der Waals surface area contributed by atoms with E-state index >= 15 is 0 Å². The van der Waals surface area contributed by atoms with E-state index in [-0.39, 0.29) is 6.29 Å². The number of aldehydes is 1. The van der Waals surface area contributed by atoms with Gasteiger partial charge in [-0.1, -0.05) is 0 Å². The minimum atomic E-state index is -2.12. The molecule has 0 aromatic heterocycles. The fourth-order valence-electron chi connectivity index (χ4n) is 0.884. The number of ether oxygens (including phenoxy) is 1. The summed E-state index contributed by atoms with van der Waals surface area (Å²) in [4.78, 5) is 20.4. The summed E-state index contributed by atoms with van der Waals surface area (Å²) in [5, 5.41) is 35.3. The molecule has 0 aromatic carbocycles. The molecule has 0 aromatic rings. The van der Waals surface area contributed by atoms with E-state index in [0.717, 1.165) is 7.11 Å². The Balaban J connectivity index is 4.52. The van der Waals surface area contributed by atoms with Crippen LogP contribution in [0.5, 0.6) is 0 Å². The molecule has 0 saturated carbocycles. The minimum Gasteiger partial charge on any atom is -0.479 e. The van der Waals surface area contributed by atoms with Crippen LogP contribution in [0.2, 0.25) is 0 Å². The highest BCUT2D eigenvalue weighted by Crippen LogP contribution is 2.07. The van der Waals surface area contributed by atoms with Crippen molar-refractivity contribution in [2.24, 2.45) is 0 Å². The second-order valence-corrected chi connectivity index (χ2v) is 2.60. The molecule has 14 heavy (non-hydrogen) atoms. The molecule has 0 fully saturated rings. The maximum Gasteiger partial charge on any atom is 0.335 e. The average molecular weight is 208 g/mol. The van der Waals surface area contributed by atoms with E-state index in [1.807, 2.05) is 0 Å². The molecular formula is C7H12O7. The zero-order valence-electron chi connectivity index (χ0n) is 7.40. The first-order valence-electron chi connectivity index (χ1n) is 3.70. The fraction of sp³-hybridized carbons (Fsp3) is 0.714. The van der Waals surface area contributed by atoms with Gasteiger partial charge in [-0.25, -0.2) is 4.79 Å². The molecule has 0 saturated heterocycles. The van der Waals surface area contributed by atoms with Gasteiger partial charge < -0.3 is 30.0 Å². The van der Waals surface area contributed by atoms with Gasteiger partial charge in [-0.05, 0) is 0 Å². The van der Waals surface area contributed by atoms with Crippen molar-refractivity contribution in [2.75, 3.05) is 7.11 Å². The van der Waals surface area contributed by atoms with Crippen LogP contribution in [0.15, 0.2) is 0 Å². The second kappa shape index (κ2) is 5.66. The van der Waals surface area contributed by atoms with Gasteiger partial charge in [-0.15, -0.1) is 0 Å². The van der Waals surface area contributed by atoms with E-state index in [0.29, 0.717) is 0 Å². The Kier molecular flexibility index (Phi) is 5.24. The molecule has 0 amide bonds. The van der Waals surface area contributed by atoms with Crippen LogP contribution in [0, 0.1) is 0 Å². The fourth-order valence-corrected chi connectivity index (χ4v) is 0.884. The molecule has 0 spiro atoms. The summed E-state index contributed by atoms with van der Waals surface area (Å²) in [5.74, 6) is -1.67. The Hall–Kier alpha value is -1.02. The summed E-state index contributed by atoms with van der Waals surface area (Å²) < 4.78 is 4.48. The second-order valence-electron chi connectivity index (χ2n) is 2.60. The van der Waals surface area contributed by atoms with Gasteiger partial charge in [-0.2, -0.15) is 0 Å². The summed E-state index contributed by atoms with van der Waals surface area (Å²) >= 11 is 0. The van der Waals surface area contributed by atoms with Crippen LogP contribution in [0.4, 0.5) is 0 Å². The largest absolute Gasteiger partial charge is 0.479 e. The van der Waals surface area contributed by atoms with E-state index in [9.17, 15) is 14.7 Å². The number of methoxy groups -OCH3 is 1. The number of aliphatic carboxylic acids is 1. The molecule has 7 heteroatoms. The first kappa shape index (κ1) is 13.0. The Labute approximate surface area is 79.5 Å². The smallest absolute Gasteiger partial charge is 0.335 e. The van der Waals surface area contributed by atoms with E-state index in [2.05, 4.69) is 4.74 Å². The van der Waals surface area contributed by atoms with Gasteiger partial charge in [0.25, 0.3) is 0 Å². The van der Waals surface area contributed by atoms with Crippen molar-refractivity contribution in [3.8, 4) is 0 Å². The quantitative estimate of drug-likeness (QED) is 0.352. The summed E-state index contributed by atoms with van der Waals surface area (Å²) in [6.45, 7) is 0. The molecule has 4 N–H and O–H groups in total. The van der Waals surface area contributed by atoms with Crippen molar-refractivity contribution >= 4 is 12.3 Å². The Morgan fingerprint density at radius 1 is 1.36 bits per heavy atom. The lowest BCUT2D eigenvalue weighted by Crippen LogP contribution is -2.49. The Morgan fingerprint density at radius 3 is 2.14 bits per heavy atom. The van der Waals surface area contributed by atoms with Crippen LogP contribution in [0.25, 0.3) is 0 Å². The van der Waals surface area contributed by atoms with Crippen molar-refractivity contribution in [3.05, 3.63) is 0 Å². The van der Waals surface area contributed by atoms with Crippen LogP contribution >= 0.6 is 0 Å². The van der Waals surface area contributed by atoms with Crippen LogP contribution in [0.1, 0.15) is 0 Å². The molecule has 82 valence electrons. The number of carboxylic acid groups (broad SMARTS) is 1. The zero-order valence-corrected chi connectivity index (χ0v) is 7.40. The topological polar surface area (TPSA) is 124 Å². The van der Waals surface area contributed by atoms with Crippen LogP contribution in [-0.2, 0) is 14.3 Å². The third-order valence-corrected chi connectivity index (χ3v) is 1.66. The number of rotatable bonds is 6. The van der Waals surface area contributed by atoms with Gasteiger partial charge in [0, 0.05) is 7.11 Å². The van der Waals surface area contributed by atoms with Crippen LogP contribution < -0.4 is 0 Å². The van der Waals surface area contributed by atoms with Crippen molar-refractivity contribution in [3.63, 3.8) is 0 Å². The van der Waals surface area contributed by atoms with Crippen molar-refractivity contribution in [1.29, 1.82) is 0 Å². The van der Waals surface area contributed by atoms with E-state index in [1.54, 1.807) is 0 Å². The van der Waals surface area contributed by atoms with Gasteiger partial charge in [0.1, 0.15) is 18.3 Å². The van der Waals surface area contributed by atoms with E-state index in [1.165, 1.54) is 0 Å². The third-order valence-electron chi connectivity index (χ3n) is 1.66. The van der Waals surface area contributed by atoms with Crippen molar-refractivity contribution < 1.29 is 34.8 Å². The number of carbonyl (C=O) groups is 2. The van der Waals surface area contributed by atoms with Crippen LogP contribution in [0.3, 0.4) is 0 Å². The first-order valence-corrected chi connectivity index (χ1v) is 3.70. The number of carboxylic acids is 1. The maximum absolute atomic E-state index is 10.2. The molecular weight excluding hydrogens is 196 g/mol. The summed E-state index contributed by atoms with van der Waals surface area (Å²) in [7, 11) is 1.06. The van der Waals surface area contributed by atoms with Crippen LogP contribution in [-0.4, -0.2) is 64.2 Å². The van der Waals surface area contributed by atoms with Gasteiger partial charge in [0.15, 0.2) is 12.4 Å². The average Bonchev–Trinajstić information content (AvgIpc) is 2.16. The molecule has 0 aliphatic rings. The normalized spacial score (nSPS) is 19.4. The predicted molar refractivity (Wildman–Crippen MR) is 42.5 cm³/mol. The monoisotopic (exact) mass is 208 g/mol. The van der Waals surface area contributed by atoms with E-state index in [4.69, 9.17) is 15.3 Å². The third kappa shape index (κ3) is 3.04. The summed E-state index contributed by atoms with van der Waals surface area (Å²) in [6, 6.07) is 0. The van der Waals surface area contributed by atoms with Crippen molar-refractivity contribution in [1.82, 2.24) is 0 Å². The van der Waals surface area contributed by atoms with Gasteiger partial charge in [0.05, 0.1) is 0 Å². The minimum absolute atomic E-state index is 0.0754. The molecule has 0 rings (SSSR count). The van der Waals surface area contributed by atoms with Gasteiger partial charge in [0.2, 0.25) is 0 Å². The standard InChI is InChI=1S/C7H12O7/c1-14-6(3(9)2-8)4(10)5(11)7(12)13/h2-6,9-11H,1H3,(H,12,13)/t3-,4-,5-,6+/m0/s1. The Morgan fingerprint density at radius 2 is 1.86 bits per heavy atom. The Bertz CT molecular complexity index is 204. The number of aliphatic hydroxyl groups is 3. The van der Waals surface area contributed by atoms with Gasteiger partial charge >= 0.3 is 5.97 Å². The molecule has 0 radical (unpaired) electrons. The lowest BCUT2D eigenvalue weighted by atomic mass is 10.0. The number of hydrogen-bond donors (Lipinski definition) is 4. The highest BCUT2D eigenvalue weighted by Gasteiger charge is 2.35. The maximum atomic E-state index is 10.2. The SMILES string of the molecule is CO[C@@H]([C@@H](O)[C@H](O)C(=O)O)[C@@H](O)C=O. The van der Waals surface area contributed by atoms with E-state index < -0.39 is 30.4 Å². The predicted octanol–water partition coefficient (Wildman–Crippen LogP) is -2.63. The summed E-state index contributed by atoms with van der Waals surface area (Å²) in [5.41, 5.74) is 0. The highest BCUT2D eigenvalue weighted by atomic mass is 16.5. The van der Waals surface area contributed by atoms with Crippen molar-refractivity contribution in [2.45, 2.75) is 24.4 Å². The summed E-state index contributed by atoms with van der Waals surface area (Å²) in [6.07, 6.45) is -7.08. The lowest BCUT2D eigenvalue weighted by Gasteiger charge is -2.24. The van der Waals surface area contributed by atoms with Gasteiger partial charge in [-0.3, -0.25) is 0 Å². The lowest BCUT2D eigenvalue weighted by molar-refractivity contribution is -0.166. The number of carbonyl (C=O) groups excluding carboxylic acids is 1. The first-order chi connectivity index (χ1) is 6.45.